The highest BCUT2D eigenvalue weighted by molar-refractivity contribution is 5.76. The highest BCUT2D eigenvalue weighted by Crippen LogP contribution is 2.23. The van der Waals surface area contributed by atoms with Crippen LogP contribution < -0.4 is 5.32 Å². The smallest absolute Gasteiger partial charge is 0.220 e. The lowest BCUT2D eigenvalue weighted by Crippen LogP contribution is -2.36. The van der Waals surface area contributed by atoms with Gasteiger partial charge in [-0.1, -0.05) is 24.2 Å². The first-order chi connectivity index (χ1) is 12.7. The Balaban J connectivity index is 1.45. The van der Waals surface area contributed by atoms with Gasteiger partial charge in [-0.2, -0.15) is 0 Å². The molecule has 26 heavy (non-hydrogen) atoms. The summed E-state index contributed by atoms with van der Waals surface area (Å²) in [5.41, 5.74) is 0.836. The van der Waals surface area contributed by atoms with E-state index in [2.05, 4.69) is 22.3 Å². The zero-order valence-electron chi connectivity index (χ0n) is 15.2. The van der Waals surface area contributed by atoms with Gasteiger partial charge in [-0.05, 0) is 56.9 Å². The van der Waals surface area contributed by atoms with Gasteiger partial charge in [-0.25, -0.2) is 4.39 Å². The molecule has 140 valence electrons. The van der Waals surface area contributed by atoms with Crippen LogP contribution in [0.3, 0.4) is 0 Å². The summed E-state index contributed by atoms with van der Waals surface area (Å²) in [6, 6.07) is 8.09. The number of carbonyl (C=O) groups excluding carboxylic acids is 1. The van der Waals surface area contributed by atoms with Crippen LogP contribution in [0.2, 0.25) is 0 Å². The molecule has 0 saturated carbocycles. The molecule has 0 radical (unpaired) electrons. The third-order valence-corrected chi connectivity index (χ3v) is 4.89. The molecule has 2 aromatic rings. The van der Waals surface area contributed by atoms with Crippen molar-refractivity contribution in [2.75, 3.05) is 19.6 Å². The molecule has 1 saturated heterocycles. The molecule has 1 N–H and O–H groups in total. The van der Waals surface area contributed by atoms with Crippen LogP contribution in [-0.2, 0) is 11.3 Å². The fourth-order valence-electron chi connectivity index (χ4n) is 3.44. The molecule has 1 amide bonds. The Kier molecular flexibility index (Phi) is 6.39. The predicted molar refractivity (Wildman–Crippen MR) is 97.8 cm³/mol. The number of nitrogens with one attached hydrogen (secondary N) is 1. The lowest BCUT2D eigenvalue weighted by molar-refractivity contribution is -0.122. The Bertz CT molecular complexity index is 723. The van der Waals surface area contributed by atoms with Crippen molar-refractivity contribution in [2.45, 2.75) is 39.2 Å². The molecule has 1 aromatic heterocycles. The summed E-state index contributed by atoms with van der Waals surface area (Å²) in [4.78, 5) is 14.6. The number of benzene rings is 1. The minimum atomic E-state index is -0.342. The van der Waals surface area contributed by atoms with Gasteiger partial charge in [0.05, 0.1) is 6.54 Å². The first kappa shape index (κ1) is 18.6. The average molecular weight is 359 g/mol. The summed E-state index contributed by atoms with van der Waals surface area (Å²) < 4.78 is 19.0. The van der Waals surface area contributed by atoms with E-state index < -0.39 is 0 Å². The van der Waals surface area contributed by atoms with Crippen molar-refractivity contribution in [3.8, 4) is 11.3 Å². The van der Waals surface area contributed by atoms with Crippen molar-refractivity contribution in [3.63, 3.8) is 0 Å². The number of nitrogens with zero attached hydrogens (tertiary/aromatic N) is 2. The number of piperidine rings is 1. The Morgan fingerprint density at radius 1 is 1.35 bits per heavy atom. The molecule has 1 fully saturated rings. The van der Waals surface area contributed by atoms with E-state index in [-0.39, 0.29) is 18.3 Å². The lowest BCUT2D eigenvalue weighted by atomic mass is 9.93. The van der Waals surface area contributed by atoms with E-state index in [1.54, 1.807) is 24.3 Å². The summed E-state index contributed by atoms with van der Waals surface area (Å²) in [5.74, 6) is 0.662. The molecule has 0 bridgehead atoms. The van der Waals surface area contributed by atoms with Crippen LogP contribution in [0.15, 0.2) is 34.9 Å². The Morgan fingerprint density at radius 3 is 2.85 bits per heavy atom. The highest BCUT2D eigenvalue weighted by atomic mass is 19.1. The number of carbonyl (C=O) groups is 1. The van der Waals surface area contributed by atoms with Gasteiger partial charge in [-0.15, -0.1) is 0 Å². The van der Waals surface area contributed by atoms with Crippen molar-refractivity contribution in [1.82, 2.24) is 15.4 Å². The molecule has 6 heteroatoms. The number of hydrogen-bond acceptors (Lipinski definition) is 4. The molecular formula is C20H26FN3O2. The molecule has 0 spiro atoms. The summed E-state index contributed by atoms with van der Waals surface area (Å²) in [6.07, 6.45) is 3.88. The van der Waals surface area contributed by atoms with Gasteiger partial charge < -0.3 is 14.7 Å². The van der Waals surface area contributed by atoms with Crippen LogP contribution in [-0.4, -0.2) is 35.6 Å². The van der Waals surface area contributed by atoms with E-state index >= 15 is 0 Å². The molecule has 0 unspecified atom stereocenters. The van der Waals surface area contributed by atoms with Crippen molar-refractivity contribution in [2.24, 2.45) is 5.92 Å². The van der Waals surface area contributed by atoms with Crippen molar-refractivity contribution < 1.29 is 13.7 Å². The van der Waals surface area contributed by atoms with E-state index in [0.29, 0.717) is 29.4 Å². The Morgan fingerprint density at radius 2 is 2.12 bits per heavy atom. The molecule has 1 aromatic carbocycles. The first-order valence-electron chi connectivity index (χ1n) is 9.35. The summed E-state index contributed by atoms with van der Waals surface area (Å²) >= 11 is 0. The lowest BCUT2D eigenvalue weighted by Gasteiger charge is -2.31. The SMILES string of the molecule is CCCN1CCC(CC(=O)NCc2cc(-c3ccccc3F)no2)CC1. The number of hydrogen-bond donors (Lipinski definition) is 1. The molecule has 1 aliphatic rings. The zero-order valence-corrected chi connectivity index (χ0v) is 15.2. The van der Waals surface area contributed by atoms with Crippen LogP contribution in [0.5, 0.6) is 0 Å². The Labute approximate surface area is 153 Å². The largest absolute Gasteiger partial charge is 0.359 e. The maximum atomic E-state index is 13.8. The summed E-state index contributed by atoms with van der Waals surface area (Å²) in [7, 11) is 0. The standard InChI is InChI=1S/C20H26FN3O2/c1-2-9-24-10-7-15(8-11-24)12-20(25)22-14-16-13-19(23-26-16)17-5-3-4-6-18(17)21/h3-6,13,15H,2,7-12,14H2,1H3,(H,22,25). The van der Waals surface area contributed by atoms with E-state index in [4.69, 9.17) is 4.52 Å². The van der Waals surface area contributed by atoms with Crippen molar-refractivity contribution in [1.29, 1.82) is 0 Å². The quantitative estimate of drug-likeness (QED) is 0.820. The van der Waals surface area contributed by atoms with Crippen LogP contribution in [0.4, 0.5) is 4.39 Å². The summed E-state index contributed by atoms with van der Waals surface area (Å²) in [5, 5.41) is 6.78. The second kappa shape index (κ2) is 8.94. The maximum absolute atomic E-state index is 13.8. The second-order valence-corrected chi connectivity index (χ2v) is 6.92. The highest BCUT2D eigenvalue weighted by Gasteiger charge is 2.21. The van der Waals surface area contributed by atoms with Gasteiger partial charge in [0.25, 0.3) is 0 Å². The fourth-order valence-corrected chi connectivity index (χ4v) is 3.44. The van der Waals surface area contributed by atoms with Gasteiger partial charge >= 0.3 is 0 Å². The van der Waals surface area contributed by atoms with Crippen molar-refractivity contribution in [3.05, 3.63) is 41.9 Å². The number of halogens is 1. The average Bonchev–Trinajstić information content (AvgIpc) is 3.11. The first-order valence-corrected chi connectivity index (χ1v) is 9.35. The minimum Gasteiger partial charge on any atom is -0.359 e. The number of amides is 1. The van der Waals surface area contributed by atoms with Gasteiger partial charge in [0.1, 0.15) is 11.5 Å². The fraction of sp³-hybridized carbons (Fsp3) is 0.500. The molecule has 3 rings (SSSR count). The third kappa shape index (κ3) is 4.91. The van der Waals surface area contributed by atoms with Crippen molar-refractivity contribution >= 4 is 5.91 Å². The third-order valence-electron chi connectivity index (χ3n) is 4.89. The van der Waals surface area contributed by atoms with E-state index in [1.807, 2.05) is 0 Å². The molecular weight excluding hydrogens is 333 g/mol. The predicted octanol–water partition coefficient (Wildman–Crippen LogP) is 3.61. The normalized spacial score (nSPS) is 15.9. The number of likely N-dealkylation sites (tertiary alicyclic amines) is 1. The van der Waals surface area contributed by atoms with Gasteiger partial charge in [0.15, 0.2) is 5.76 Å². The molecule has 5 nitrogen and oxygen atoms in total. The molecule has 0 atom stereocenters. The van der Waals surface area contributed by atoms with Gasteiger partial charge in [0.2, 0.25) is 5.91 Å². The zero-order chi connectivity index (χ0) is 18.4. The van der Waals surface area contributed by atoms with Crippen LogP contribution in [0, 0.1) is 11.7 Å². The number of rotatable bonds is 7. The van der Waals surface area contributed by atoms with Crippen LogP contribution >= 0.6 is 0 Å². The monoisotopic (exact) mass is 359 g/mol. The number of aromatic nitrogens is 1. The minimum absolute atomic E-state index is 0.0304. The maximum Gasteiger partial charge on any atom is 0.220 e. The Hall–Kier alpha value is -2.21. The van der Waals surface area contributed by atoms with E-state index in [9.17, 15) is 9.18 Å². The topological polar surface area (TPSA) is 58.4 Å². The van der Waals surface area contributed by atoms with E-state index in [1.165, 1.54) is 12.5 Å². The second-order valence-electron chi connectivity index (χ2n) is 6.92. The summed E-state index contributed by atoms with van der Waals surface area (Å²) in [6.45, 7) is 5.78. The van der Waals surface area contributed by atoms with Gasteiger partial charge in [-0.3, -0.25) is 4.79 Å². The molecule has 1 aliphatic heterocycles. The van der Waals surface area contributed by atoms with E-state index in [0.717, 1.165) is 32.5 Å². The van der Waals surface area contributed by atoms with Gasteiger partial charge in [0, 0.05) is 18.1 Å². The van der Waals surface area contributed by atoms with Crippen LogP contribution in [0.1, 0.15) is 38.4 Å². The van der Waals surface area contributed by atoms with Crippen LogP contribution in [0.25, 0.3) is 11.3 Å². The molecule has 2 heterocycles. The molecule has 0 aliphatic carbocycles.